The Morgan fingerprint density at radius 3 is 2.83 bits per heavy atom. The number of anilines is 1. The van der Waals surface area contributed by atoms with Crippen LogP contribution in [0.5, 0.6) is 0 Å². The molecule has 0 fully saturated rings. The molecular weight excluding hydrogens is 230 g/mol. The van der Waals surface area contributed by atoms with E-state index in [2.05, 4.69) is 15.3 Å². The lowest BCUT2D eigenvalue weighted by molar-refractivity contribution is 0.0690. The Hall–Kier alpha value is -2.43. The van der Waals surface area contributed by atoms with Gasteiger partial charge in [0.25, 0.3) is 0 Å². The fraction of sp³-hybridized carbons (Fsp3) is 0.154. The van der Waals surface area contributed by atoms with Crippen molar-refractivity contribution in [3.8, 4) is 0 Å². The van der Waals surface area contributed by atoms with Crippen LogP contribution in [0.3, 0.4) is 0 Å². The smallest absolute Gasteiger partial charge is 0.354 e. The van der Waals surface area contributed by atoms with Crippen LogP contribution in [0, 0.1) is 6.92 Å². The number of aromatic carboxylic acids is 1. The van der Waals surface area contributed by atoms with Gasteiger partial charge in [-0.3, -0.25) is 4.98 Å². The molecule has 5 nitrogen and oxygen atoms in total. The van der Waals surface area contributed by atoms with Crippen molar-refractivity contribution in [2.75, 3.05) is 5.32 Å². The van der Waals surface area contributed by atoms with Crippen LogP contribution in [0.4, 0.5) is 5.82 Å². The number of rotatable bonds is 4. The highest BCUT2D eigenvalue weighted by Gasteiger charge is 2.04. The van der Waals surface area contributed by atoms with Crippen molar-refractivity contribution < 1.29 is 9.90 Å². The molecule has 0 saturated heterocycles. The second-order valence-electron chi connectivity index (χ2n) is 3.87. The Labute approximate surface area is 105 Å². The highest BCUT2D eigenvalue weighted by molar-refractivity contribution is 5.85. The largest absolute Gasteiger partial charge is 0.477 e. The molecule has 2 N–H and O–H groups in total. The zero-order chi connectivity index (χ0) is 13.0. The predicted octanol–water partition coefficient (Wildman–Crippen LogP) is 2.10. The van der Waals surface area contributed by atoms with Crippen LogP contribution in [0.15, 0.2) is 36.5 Å². The third-order valence-corrected chi connectivity index (χ3v) is 2.41. The molecule has 0 atom stereocenters. The third-order valence-electron chi connectivity index (χ3n) is 2.41. The molecule has 2 aromatic rings. The van der Waals surface area contributed by atoms with Crippen LogP contribution >= 0.6 is 0 Å². The van der Waals surface area contributed by atoms with E-state index in [1.165, 1.54) is 6.07 Å². The molecule has 0 aliphatic rings. The quantitative estimate of drug-likeness (QED) is 0.860. The number of carboxylic acid groups (broad SMARTS) is 1. The molecule has 5 heteroatoms. The van der Waals surface area contributed by atoms with Crippen molar-refractivity contribution in [2.45, 2.75) is 13.5 Å². The van der Waals surface area contributed by atoms with E-state index >= 15 is 0 Å². The van der Waals surface area contributed by atoms with Crippen molar-refractivity contribution in [3.05, 3.63) is 53.5 Å². The van der Waals surface area contributed by atoms with E-state index in [0.717, 1.165) is 11.3 Å². The average molecular weight is 243 g/mol. The Kier molecular flexibility index (Phi) is 3.52. The standard InChI is InChI=1S/C13H13N3O2/c1-9-5-6-10(7-14-9)8-15-12-4-2-3-11(16-12)13(17)18/h2-7H,8H2,1H3,(H,15,16)(H,17,18). The van der Waals surface area contributed by atoms with Crippen LogP contribution in [0.2, 0.25) is 0 Å². The van der Waals surface area contributed by atoms with Gasteiger partial charge < -0.3 is 10.4 Å². The molecule has 0 spiro atoms. The van der Waals surface area contributed by atoms with E-state index in [-0.39, 0.29) is 5.69 Å². The molecule has 2 heterocycles. The van der Waals surface area contributed by atoms with Crippen LogP contribution < -0.4 is 5.32 Å². The summed E-state index contributed by atoms with van der Waals surface area (Å²) in [7, 11) is 0. The van der Waals surface area contributed by atoms with Crippen LogP contribution in [-0.2, 0) is 6.54 Å². The summed E-state index contributed by atoms with van der Waals surface area (Å²) in [6, 6.07) is 8.75. The number of pyridine rings is 2. The molecule has 0 aromatic carbocycles. The number of hydrogen-bond acceptors (Lipinski definition) is 4. The monoisotopic (exact) mass is 243 g/mol. The fourth-order valence-electron chi connectivity index (χ4n) is 1.45. The Balaban J connectivity index is 2.04. The molecule has 2 aromatic heterocycles. The molecule has 0 aliphatic carbocycles. The third kappa shape index (κ3) is 3.04. The van der Waals surface area contributed by atoms with Crippen molar-refractivity contribution in [2.24, 2.45) is 0 Å². The number of aromatic nitrogens is 2. The van der Waals surface area contributed by atoms with Crippen molar-refractivity contribution >= 4 is 11.8 Å². The second-order valence-corrected chi connectivity index (χ2v) is 3.87. The molecule has 18 heavy (non-hydrogen) atoms. The first-order chi connectivity index (χ1) is 8.65. The molecule has 92 valence electrons. The molecule has 2 rings (SSSR count). The van der Waals surface area contributed by atoms with E-state index in [0.29, 0.717) is 12.4 Å². The Bertz CT molecular complexity index is 552. The predicted molar refractivity (Wildman–Crippen MR) is 67.5 cm³/mol. The van der Waals surface area contributed by atoms with Gasteiger partial charge in [0.05, 0.1) is 0 Å². The molecule has 0 radical (unpaired) electrons. The maximum absolute atomic E-state index is 10.8. The molecule has 0 saturated carbocycles. The van der Waals surface area contributed by atoms with Crippen LogP contribution in [0.1, 0.15) is 21.7 Å². The summed E-state index contributed by atoms with van der Waals surface area (Å²) >= 11 is 0. The molecule has 0 bridgehead atoms. The first-order valence-electron chi connectivity index (χ1n) is 5.51. The summed E-state index contributed by atoms with van der Waals surface area (Å²) in [5.41, 5.74) is 2.01. The summed E-state index contributed by atoms with van der Waals surface area (Å²) in [4.78, 5) is 18.9. The SMILES string of the molecule is Cc1ccc(CNc2cccc(C(=O)O)n2)cn1. The minimum absolute atomic E-state index is 0.0297. The van der Waals surface area contributed by atoms with E-state index in [4.69, 9.17) is 5.11 Å². The van der Waals surface area contributed by atoms with E-state index in [9.17, 15) is 4.79 Å². The van der Waals surface area contributed by atoms with Gasteiger partial charge in [-0.25, -0.2) is 9.78 Å². The van der Waals surface area contributed by atoms with E-state index in [1.54, 1.807) is 18.3 Å². The highest BCUT2D eigenvalue weighted by Crippen LogP contribution is 2.07. The number of nitrogens with zero attached hydrogens (tertiary/aromatic N) is 2. The number of nitrogens with one attached hydrogen (secondary N) is 1. The van der Waals surface area contributed by atoms with Crippen LogP contribution in [0.25, 0.3) is 0 Å². The van der Waals surface area contributed by atoms with Gasteiger partial charge in [0, 0.05) is 18.4 Å². The van der Waals surface area contributed by atoms with Gasteiger partial charge in [0.15, 0.2) is 5.69 Å². The zero-order valence-corrected chi connectivity index (χ0v) is 9.92. The average Bonchev–Trinajstić information content (AvgIpc) is 2.38. The van der Waals surface area contributed by atoms with Gasteiger partial charge in [-0.1, -0.05) is 12.1 Å². The second kappa shape index (κ2) is 5.27. The van der Waals surface area contributed by atoms with Crippen molar-refractivity contribution in [3.63, 3.8) is 0 Å². The number of carboxylic acids is 1. The summed E-state index contributed by atoms with van der Waals surface area (Å²) < 4.78 is 0. The zero-order valence-electron chi connectivity index (χ0n) is 9.92. The summed E-state index contributed by atoms with van der Waals surface area (Å²) in [6.07, 6.45) is 1.78. The maximum Gasteiger partial charge on any atom is 0.354 e. The first kappa shape index (κ1) is 12.0. The van der Waals surface area contributed by atoms with E-state index in [1.807, 2.05) is 19.1 Å². The minimum atomic E-state index is -1.03. The highest BCUT2D eigenvalue weighted by atomic mass is 16.4. The first-order valence-corrected chi connectivity index (χ1v) is 5.51. The van der Waals surface area contributed by atoms with Crippen molar-refractivity contribution in [1.29, 1.82) is 0 Å². The van der Waals surface area contributed by atoms with Gasteiger partial charge in [0.1, 0.15) is 5.82 Å². The number of hydrogen-bond donors (Lipinski definition) is 2. The van der Waals surface area contributed by atoms with E-state index < -0.39 is 5.97 Å². The minimum Gasteiger partial charge on any atom is -0.477 e. The summed E-state index contributed by atoms with van der Waals surface area (Å²) in [5, 5.41) is 11.9. The van der Waals surface area contributed by atoms with Crippen molar-refractivity contribution in [1.82, 2.24) is 9.97 Å². The van der Waals surface area contributed by atoms with Gasteiger partial charge in [0.2, 0.25) is 0 Å². The Morgan fingerprint density at radius 2 is 2.17 bits per heavy atom. The number of carbonyl (C=O) groups is 1. The van der Waals surface area contributed by atoms with Gasteiger partial charge in [-0.05, 0) is 30.7 Å². The topological polar surface area (TPSA) is 75.1 Å². The lowest BCUT2D eigenvalue weighted by Crippen LogP contribution is -2.05. The van der Waals surface area contributed by atoms with Crippen LogP contribution in [-0.4, -0.2) is 21.0 Å². The lowest BCUT2D eigenvalue weighted by Gasteiger charge is -2.06. The summed E-state index contributed by atoms with van der Waals surface area (Å²) in [6.45, 7) is 2.48. The van der Waals surface area contributed by atoms with Gasteiger partial charge in [-0.2, -0.15) is 0 Å². The summed E-state index contributed by atoms with van der Waals surface area (Å²) in [5.74, 6) is -0.494. The lowest BCUT2D eigenvalue weighted by atomic mass is 10.2. The fourth-order valence-corrected chi connectivity index (χ4v) is 1.45. The molecule has 0 aliphatic heterocycles. The van der Waals surface area contributed by atoms with Gasteiger partial charge >= 0.3 is 5.97 Å². The maximum atomic E-state index is 10.8. The molecular formula is C13H13N3O2. The normalized spacial score (nSPS) is 10.1. The molecule has 0 amide bonds. The Morgan fingerprint density at radius 1 is 1.33 bits per heavy atom. The number of aryl methyl sites for hydroxylation is 1. The van der Waals surface area contributed by atoms with Gasteiger partial charge in [-0.15, -0.1) is 0 Å². The molecule has 0 unspecified atom stereocenters.